The van der Waals surface area contributed by atoms with Crippen LogP contribution in [0.25, 0.3) is 0 Å². The molecule has 0 radical (unpaired) electrons. The summed E-state index contributed by atoms with van der Waals surface area (Å²) in [6.07, 6.45) is 6.40. The van der Waals surface area contributed by atoms with Crippen molar-refractivity contribution < 1.29 is 14.7 Å². The van der Waals surface area contributed by atoms with Gasteiger partial charge in [-0.05, 0) is 61.6 Å². The summed E-state index contributed by atoms with van der Waals surface area (Å²) >= 11 is 0. The van der Waals surface area contributed by atoms with Crippen molar-refractivity contribution in [2.75, 3.05) is 19.6 Å². The fraction of sp³-hybridized carbons (Fsp3) is 0.625. The third-order valence-electron chi connectivity index (χ3n) is 6.39. The lowest BCUT2D eigenvalue weighted by molar-refractivity contribution is -0.139. The number of hydrogen-bond donors (Lipinski definition) is 1. The number of aliphatic carboxylic acids is 1. The first-order chi connectivity index (χ1) is 14.0. The van der Waals surface area contributed by atoms with Crippen molar-refractivity contribution in [3.8, 4) is 0 Å². The molecule has 5 heteroatoms. The highest BCUT2D eigenvalue weighted by Gasteiger charge is 2.34. The Morgan fingerprint density at radius 3 is 2.83 bits per heavy atom. The molecule has 0 aromatic heterocycles. The van der Waals surface area contributed by atoms with Crippen LogP contribution in [0, 0.1) is 18.8 Å². The fourth-order valence-electron chi connectivity index (χ4n) is 4.71. The number of likely N-dealkylation sites (tertiary alicyclic amines) is 1. The van der Waals surface area contributed by atoms with Crippen molar-refractivity contribution in [3.63, 3.8) is 0 Å². The van der Waals surface area contributed by atoms with E-state index in [-0.39, 0.29) is 24.2 Å². The molecule has 0 saturated carbocycles. The van der Waals surface area contributed by atoms with Gasteiger partial charge in [-0.25, -0.2) is 0 Å². The molecular formula is C24H34N2O3. The van der Waals surface area contributed by atoms with Crippen molar-refractivity contribution >= 4 is 17.6 Å². The Morgan fingerprint density at radius 2 is 2.07 bits per heavy atom. The molecule has 0 spiro atoms. The lowest BCUT2D eigenvalue weighted by Crippen LogP contribution is -2.45. The topological polar surface area (TPSA) is 70.0 Å². The molecule has 2 aliphatic rings. The van der Waals surface area contributed by atoms with E-state index in [9.17, 15) is 14.7 Å². The Labute approximate surface area is 174 Å². The van der Waals surface area contributed by atoms with Crippen LogP contribution in [-0.2, 0) is 16.0 Å². The number of nitrogens with zero attached hydrogens (tertiary/aromatic N) is 2. The van der Waals surface area contributed by atoms with Crippen LogP contribution in [0.2, 0.25) is 0 Å². The second kappa shape index (κ2) is 10.0. The lowest BCUT2D eigenvalue weighted by atomic mass is 9.78. The number of aryl methyl sites for hydroxylation is 1. The molecule has 2 heterocycles. The van der Waals surface area contributed by atoms with E-state index >= 15 is 0 Å². The van der Waals surface area contributed by atoms with E-state index in [0.29, 0.717) is 19.5 Å². The molecule has 2 aliphatic heterocycles. The number of carboxylic acid groups (broad SMARTS) is 1. The largest absolute Gasteiger partial charge is 0.481 e. The predicted octanol–water partition coefficient (Wildman–Crippen LogP) is 4.25. The number of hydrogen-bond acceptors (Lipinski definition) is 3. The minimum atomic E-state index is -0.746. The Morgan fingerprint density at radius 1 is 1.24 bits per heavy atom. The van der Waals surface area contributed by atoms with Crippen molar-refractivity contribution in [2.24, 2.45) is 16.8 Å². The summed E-state index contributed by atoms with van der Waals surface area (Å²) in [6.45, 7) is 6.37. The number of aliphatic imine (C=N–C) groups is 1. The average Bonchev–Trinajstić information content (AvgIpc) is 2.69. The molecule has 1 amide bonds. The Balaban J connectivity index is 1.74. The molecule has 2 atom stereocenters. The zero-order valence-electron chi connectivity index (χ0n) is 17.8. The van der Waals surface area contributed by atoms with Gasteiger partial charge in [-0.3, -0.25) is 14.6 Å². The van der Waals surface area contributed by atoms with Gasteiger partial charge in [0.15, 0.2) is 0 Å². The van der Waals surface area contributed by atoms with E-state index in [1.54, 1.807) is 0 Å². The maximum Gasteiger partial charge on any atom is 0.303 e. The first kappa shape index (κ1) is 21.5. The molecule has 0 aliphatic carbocycles. The van der Waals surface area contributed by atoms with Gasteiger partial charge in [-0.2, -0.15) is 0 Å². The third-order valence-corrected chi connectivity index (χ3v) is 6.39. The number of piperidine rings is 1. The number of carbonyl (C=O) groups is 2. The van der Waals surface area contributed by atoms with E-state index < -0.39 is 5.97 Å². The maximum atomic E-state index is 12.7. The van der Waals surface area contributed by atoms with Gasteiger partial charge < -0.3 is 10.0 Å². The highest BCUT2D eigenvalue weighted by molar-refractivity contribution is 6.03. The second-order valence-corrected chi connectivity index (χ2v) is 8.65. The summed E-state index contributed by atoms with van der Waals surface area (Å²) in [5, 5.41) is 9.39. The minimum absolute atomic E-state index is 0.102. The molecule has 3 rings (SSSR count). The number of amides is 1. The summed E-state index contributed by atoms with van der Waals surface area (Å²) in [6, 6.07) is 6.54. The average molecular weight is 399 g/mol. The predicted molar refractivity (Wildman–Crippen MR) is 115 cm³/mol. The van der Waals surface area contributed by atoms with Crippen molar-refractivity contribution in [1.82, 2.24) is 4.90 Å². The quantitative estimate of drug-likeness (QED) is 0.666. The lowest BCUT2D eigenvalue weighted by Gasteiger charge is -2.39. The zero-order valence-corrected chi connectivity index (χ0v) is 17.8. The fourth-order valence-corrected chi connectivity index (χ4v) is 4.71. The normalized spacial score (nSPS) is 21.4. The number of fused-ring (bicyclic) bond motifs is 1. The van der Waals surface area contributed by atoms with Gasteiger partial charge >= 0.3 is 5.97 Å². The smallest absolute Gasteiger partial charge is 0.303 e. The summed E-state index contributed by atoms with van der Waals surface area (Å²) in [5.41, 5.74) is 4.86. The molecule has 5 nitrogen and oxygen atoms in total. The van der Waals surface area contributed by atoms with Gasteiger partial charge in [-0.15, -0.1) is 0 Å². The maximum absolute atomic E-state index is 12.7. The second-order valence-electron chi connectivity index (χ2n) is 8.65. The van der Waals surface area contributed by atoms with Crippen molar-refractivity contribution in [1.29, 1.82) is 0 Å². The Bertz CT molecular complexity index is 771. The van der Waals surface area contributed by atoms with Gasteiger partial charge in [0, 0.05) is 38.2 Å². The van der Waals surface area contributed by atoms with E-state index in [0.717, 1.165) is 50.8 Å². The highest BCUT2D eigenvalue weighted by Crippen LogP contribution is 2.32. The number of benzene rings is 1. The first-order valence-corrected chi connectivity index (χ1v) is 11.1. The van der Waals surface area contributed by atoms with Crippen LogP contribution in [0.3, 0.4) is 0 Å². The Kier molecular flexibility index (Phi) is 7.45. The number of carbonyl (C=O) groups excluding carboxylic acids is 1. The molecule has 1 fully saturated rings. The molecule has 1 N–H and O–H groups in total. The summed E-state index contributed by atoms with van der Waals surface area (Å²) in [5.74, 6) is -0.270. The molecule has 1 aromatic rings. The van der Waals surface area contributed by atoms with Crippen LogP contribution in [0.4, 0.5) is 0 Å². The van der Waals surface area contributed by atoms with Crippen LogP contribution in [0.1, 0.15) is 68.6 Å². The van der Waals surface area contributed by atoms with E-state index in [2.05, 4.69) is 32.0 Å². The molecule has 29 heavy (non-hydrogen) atoms. The van der Waals surface area contributed by atoms with Crippen LogP contribution in [0.15, 0.2) is 23.2 Å². The zero-order chi connectivity index (χ0) is 20.8. The number of rotatable bonds is 8. The monoisotopic (exact) mass is 398 g/mol. The third kappa shape index (κ3) is 5.68. The summed E-state index contributed by atoms with van der Waals surface area (Å²) in [4.78, 5) is 30.9. The Hall–Kier alpha value is -2.17. The van der Waals surface area contributed by atoms with Gasteiger partial charge in [0.05, 0.1) is 0 Å². The number of unbranched alkanes of at least 4 members (excludes halogenated alkanes) is 2. The minimum Gasteiger partial charge on any atom is -0.481 e. The van der Waals surface area contributed by atoms with Gasteiger partial charge in [0.25, 0.3) is 0 Å². The van der Waals surface area contributed by atoms with E-state index in [4.69, 9.17) is 4.99 Å². The van der Waals surface area contributed by atoms with Gasteiger partial charge in [0.1, 0.15) is 0 Å². The summed E-state index contributed by atoms with van der Waals surface area (Å²) in [7, 11) is 0. The summed E-state index contributed by atoms with van der Waals surface area (Å²) < 4.78 is 0. The highest BCUT2D eigenvalue weighted by atomic mass is 16.4. The molecule has 0 unspecified atom stereocenters. The van der Waals surface area contributed by atoms with Gasteiger partial charge in [-0.1, -0.05) is 37.5 Å². The molecular weight excluding hydrogens is 364 g/mol. The van der Waals surface area contributed by atoms with Crippen molar-refractivity contribution in [2.45, 2.75) is 65.2 Å². The van der Waals surface area contributed by atoms with Crippen LogP contribution in [-0.4, -0.2) is 47.2 Å². The molecule has 1 saturated heterocycles. The van der Waals surface area contributed by atoms with Crippen molar-refractivity contribution in [3.05, 3.63) is 34.9 Å². The van der Waals surface area contributed by atoms with E-state index in [1.807, 2.05) is 4.90 Å². The molecule has 0 bridgehead atoms. The van der Waals surface area contributed by atoms with Crippen LogP contribution >= 0.6 is 0 Å². The molecule has 158 valence electrons. The van der Waals surface area contributed by atoms with E-state index in [1.165, 1.54) is 16.7 Å². The van der Waals surface area contributed by atoms with Crippen LogP contribution in [0.5, 0.6) is 0 Å². The number of carboxylic acids is 1. The van der Waals surface area contributed by atoms with Crippen LogP contribution < -0.4 is 0 Å². The SMILES string of the molecule is CCCCCC(=O)N1CC[C@@H](CC(=O)O)[C@@H](CC2=NCCc3ccc(C)cc32)C1. The standard InChI is InChI=1S/C24H34N2O3/c1-3-4-5-6-23(27)26-12-10-19(15-24(28)29)20(16-26)14-22-21-13-17(2)7-8-18(21)9-11-25-22/h7-8,13,19-20H,3-6,9-12,14-16H2,1-2H3,(H,28,29)/t19-,20-/m0/s1. The van der Waals surface area contributed by atoms with Gasteiger partial charge in [0.2, 0.25) is 5.91 Å². The molecule has 1 aromatic carbocycles. The first-order valence-electron chi connectivity index (χ1n) is 11.1.